The van der Waals surface area contributed by atoms with E-state index in [1.807, 2.05) is 6.07 Å². The second-order valence-electron chi connectivity index (χ2n) is 7.99. The molecule has 5 unspecified atom stereocenters. The lowest BCUT2D eigenvalue weighted by atomic mass is 9.71. The van der Waals surface area contributed by atoms with Crippen molar-refractivity contribution in [2.75, 3.05) is 0 Å². The van der Waals surface area contributed by atoms with Gasteiger partial charge in [0.2, 0.25) is 0 Å². The number of fused-ring (bicyclic) bond motifs is 3. The number of hydrogen-bond donors (Lipinski definition) is 3. The van der Waals surface area contributed by atoms with Gasteiger partial charge in [-0.25, -0.2) is 0 Å². The third-order valence-electron chi connectivity index (χ3n) is 6.47. The van der Waals surface area contributed by atoms with Crippen LogP contribution in [0.25, 0.3) is 0 Å². The number of rotatable bonds is 3. The number of halogens is 1. The largest absolute Gasteiger partial charge is 0.481 e. The van der Waals surface area contributed by atoms with Crippen LogP contribution in [-0.4, -0.2) is 32.4 Å². The summed E-state index contributed by atoms with van der Waals surface area (Å²) in [4.78, 5) is 16.6. The van der Waals surface area contributed by atoms with Crippen LogP contribution in [0, 0.1) is 17.2 Å². The van der Waals surface area contributed by atoms with E-state index in [1.165, 1.54) is 12.3 Å². The molecule has 1 fully saturated rings. The van der Waals surface area contributed by atoms with Crippen molar-refractivity contribution < 1.29 is 24.9 Å². The maximum absolute atomic E-state index is 12.4. The molecule has 3 N–H and O–H groups in total. The van der Waals surface area contributed by atoms with Crippen LogP contribution >= 0.6 is 11.6 Å². The van der Waals surface area contributed by atoms with Crippen LogP contribution in [0.15, 0.2) is 66.9 Å². The van der Waals surface area contributed by atoms with E-state index >= 15 is 0 Å². The van der Waals surface area contributed by atoms with E-state index in [1.54, 1.807) is 54.6 Å². The lowest BCUT2D eigenvalue weighted by molar-refractivity contribution is -0.160. The van der Waals surface area contributed by atoms with Gasteiger partial charge in [-0.3, -0.25) is 9.78 Å². The highest BCUT2D eigenvalue weighted by Crippen LogP contribution is 2.68. The van der Waals surface area contributed by atoms with Crippen LogP contribution in [0.1, 0.15) is 28.3 Å². The molecule has 0 saturated heterocycles. The van der Waals surface area contributed by atoms with Gasteiger partial charge in [0, 0.05) is 18.2 Å². The zero-order valence-electron chi connectivity index (χ0n) is 16.5. The number of nitriles is 1. The highest BCUT2D eigenvalue weighted by atomic mass is 35.5. The van der Waals surface area contributed by atoms with Gasteiger partial charge in [-0.15, -0.1) is 0 Å². The minimum atomic E-state index is -2.19. The molecule has 2 aliphatic rings. The highest BCUT2D eigenvalue weighted by molar-refractivity contribution is 6.30. The number of aliphatic carboxylic acids is 1. The standard InChI is InChI=1S/C24H17ClN2O5/c25-16-10-17-20(27-12-16)23(31)21(28)18(22(29)30)19(14-4-2-1-3-5-14)24(23,32-17)15-8-6-13(11-26)7-9-15/h1-10,12,18-19,21,28,31H,(H,29,30). The molecule has 0 amide bonds. The number of ether oxygens (including phenoxy) is 1. The minimum absolute atomic E-state index is 0.0171. The first-order valence-electron chi connectivity index (χ1n) is 9.88. The second kappa shape index (κ2) is 7.04. The summed E-state index contributed by atoms with van der Waals surface area (Å²) in [5.41, 5.74) is -2.54. The summed E-state index contributed by atoms with van der Waals surface area (Å²) in [6, 6.07) is 18.6. The Balaban J connectivity index is 1.86. The number of carbonyl (C=O) groups is 1. The Bertz CT molecular complexity index is 1260. The van der Waals surface area contributed by atoms with E-state index in [2.05, 4.69) is 4.98 Å². The molecule has 1 aromatic heterocycles. The Morgan fingerprint density at radius 2 is 1.84 bits per heavy atom. The normalized spacial score (nSPS) is 30.1. The molecule has 0 bridgehead atoms. The van der Waals surface area contributed by atoms with Gasteiger partial charge in [0.1, 0.15) is 17.5 Å². The summed E-state index contributed by atoms with van der Waals surface area (Å²) in [6.07, 6.45) is -0.426. The zero-order chi connectivity index (χ0) is 22.7. The molecule has 1 saturated carbocycles. The molecule has 5 rings (SSSR count). The number of aliphatic hydroxyl groups excluding tert-OH is 1. The van der Waals surface area contributed by atoms with Crippen LogP contribution in [0.2, 0.25) is 5.02 Å². The van der Waals surface area contributed by atoms with Gasteiger partial charge in [-0.2, -0.15) is 5.26 Å². The monoisotopic (exact) mass is 448 g/mol. The van der Waals surface area contributed by atoms with Crippen molar-refractivity contribution in [1.29, 1.82) is 5.26 Å². The Labute approximate surface area is 188 Å². The van der Waals surface area contributed by atoms with E-state index in [9.17, 15) is 25.4 Å². The molecule has 2 heterocycles. The number of carboxylic acids is 1. The van der Waals surface area contributed by atoms with Gasteiger partial charge in [-0.05, 0) is 23.3 Å². The lowest BCUT2D eigenvalue weighted by Crippen LogP contribution is -2.52. The van der Waals surface area contributed by atoms with Crippen molar-refractivity contribution in [2.45, 2.75) is 23.2 Å². The molecule has 8 heteroatoms. The summed E-state index contributed by atoms with van der Waals surface area (Å²) in [6.45, 7) is 0. The number of aromatic nitrogens is 1. The fourth-order valence-corrected chi connectivity index (χ4v) is 5.35. The van der Waals surface area contributed by atoms with Crippen molar-refractivity contribution in [1.82, 2.24) is 4.98 Å². The average molecular weight is 449 g/mol. The number of carboxylic acid groups (broad SMARTS) is 1. The van der Waals surface area contributed by atoms with Crippen molar-refractivity contribution >= 4 is 17.6 Å². The second-order valence-corrected chi connectivity index (χ2v) is 8.43. The topological polar surface area (TPSA) is 124 Å². The number of hydrogen-bond acceptors (Lipinski definition) is 6. The van der Waals surface area contributed by atoms with Crippen molar-refractivity contribution in [3.05, 3.63) is 94.3 Å². The Kier molecular flexibility index (Phi) is 4.50. The quantitative estimate of drug-likeness (QED) is 0.562. The smallest absolute Gasteiger partial charge is 0.310 e. The molecule has 2 aromatic carbocycles. The van der Waals surface area contributed by atoms with E-state index in [-0.39, 0.29) is 16.5 Å². The molecule has 0 radical (unpaired) electrons. The van der Waals surface area contributed by atoms with Crippen molar-refractivity contribution in [3.8, 4) is 11.8 Å². The lowest BCUT2D eigenvalue weighted by Gasteiger charge is -2.40. The third-order valence-corrected chi connectivity index (χ3v) is 6.68. The predicted molar refractivity (Wildman–Crippen MR) is 113 cm³/mol. The first-order chi connectivity index (χ1) is 15.3. The first-order valence-corrected chi connectivity index (χ1v) is 10.3. The van der Waals surface area contributed by atoms with Crippen LogP contribution in [-0.2, 0) is 16.0 Å². The summed E-state index contributed by atoms with van der Waals surface area (Å²) >= 11 is 6.11. The van der Waals surface area contributed by atoms with Gasteiger partial charge >= 0.3 is 5.97 Å². The highest BCUT2D eigenvalue weighted by Gasteiger charge is 2.78. The fourth-order valence-electron chi connectivity index (χ4n) is 5.20. The van der Waals surface area contributed by atoms with Crippen LogP contribution in [0.5, 0.6) is 5.75 Å². The van der Waals surface area contributed by atoms with Crippen LogP contribution < -0.4 is 4.74 Å². The molecular formula is C24H17ClN2O5. The summed E-state index contributed by atoms with van der Waals surface area (Å²) in [5.74, 6) is -3.50. The first kappa shape index (κ1) is 20.5. The Hall–Kier alpha value is -3.44. The van der Waals surface area contributed by atoms with Gasteiger partial charge in [0.25, 0.3) is 0 Å². The number of benzene rings is 2. The van der Waals surface area contributed by atoms with Gasteiger partial charge in [0.15, 0.2) is 11.2 Å². The Morgan fingerprint density at radius 1 is 1.16 bits per heavy atom. The molecular weight excluding hydrogens is 432 g/mol. The van der Waals surface area contributed by atoms with Crippen molar-refractivity contribution in [2.24, 2.45) is 5.92 Å². The fraction of sp³-hybridized carbons (Fsp3) is 0.208. The Morgan fingerprint density at radius 3 is 2.47 bits per heavy atom. The maximum atomic E-state index is 12.4. The van der Waals surface area contributed by atoms with Gasteiger partial charge in [0.05, 0.1) is 22.6 Å². The zero-order valence-corrected chi connectivity index (χ0v) is 17.3. The van der Waals surface area contributed by atoms with Crippen LogP contribution in [0.3, 0.4) is 0 Å². The van der Waals surface area contributed by atoms with Gasteiger partial charge in [-0.1, -0.05) is 54.1 Å². The summed E-state index contributed by atoms with van der Waals surface area (Å²) in [5, 5.41) is 43.0. The number of nitrogens with zero attached hydrogens (tertiary/aromatic N) is 2. The molecule has 0 spiro atoms. The molecule has 7 nitrogen and oxygen atoms in total. The average Bonchev–Trinajstić information content (AvgIpc) is 3.17. The molecule has 32 heavy (non-hydrogen) atoms. The SMILES string of the molecule is N#Cc1ccc(C23Oc4cc(Cl)cnc4C2(O)C(O)C(C(=O)O)C3c2ccccc2)cc1. The van der Waals surface area contributed by atoms with E-state index in [0.29, 0.717) is 16.7 Å². The molecule has 5 atom stereocenters. The number of aliphatic hydroxyl groups is 2. The van der Waals surface area contributed by atoms with Gasteiger partial charge < -0.3 is 20.1 Å². The molecule has 160 valence electrons. The summed E-state index contributed by atoms with van der Waals surface area (Å²) < 4.78 is 6.38. The number of pyridine rings is 1. The van der Waals surface area contributed by atoms with E-state index in [0.717, 1.165) is 0 Å². The van der Waals surface area contributed by atoms with Crippen LogP contribution in [0.4, 0.5) is 0 Å². The van der Waals surface area contributed by atoms with E-state index < -0.39 is 35.1 Å². The minimum Gasteiger partial charge on any atom is -0.481 e. The van der Waals surface area contributed by atoms with E-state index in [4.69, 9.17) is 16.3 Å². The summed E-state index contributed by atoms with van der Waals surface area (Å²) in [7, 11) is 0. The maximum Gasteiger partial charge on any atom is 0.310 e. The van der Waals surface area contributed by atoms with Crippen molar-refractivity contribution in [3.63, 3.8) is 0 Å². The third kappa shape index (κ3) is 2.49. The molecule has 3 aromatic rings. The molecule has 1 aliphatic heterocycles. The molecule has 1 aliphatic carbocycles. The predicted octanol–water partition coefficient (Wildman–Crippen LogP) is 2.94.